The Morgan fingerprint density at radius 3 is 2.67 bits per heavy atom. The van der Waals surface area contributed by atoms with E-state index in [1.54, 1.807) is 4.90 Å². The van der Waals surface area contributed by atoms with Crippen LogP contribution in [0.4, 0.5) is 5.95 Å². The number of halogens is 1. The van der Waals surface area contributed by atoms with Crippen LogP contribution in [0.5, 0.6) is 0 Å². The fourth-order valence-electron chi connectivity index (χ4n) is 4.14. The summed E-state index contributed by atoms with van der Waals surface area (Å²) in [6.45, 7) is 4.84. The average Bonchev–Trinajstić information content (AvgIpc) is 3.26. The van der Waals surface area contributed by atoms with Gasteiger partial charge in [0.1, 0.15) is 6.54 Å². The molecule has 0 atom stereocenters. The fourth-order valence-corrected chi connectivity index (χ4v) is 4.36. The van der Waals surface area contributed by atoms with Crippen LogP contribution in [0.1, 0.15) is 32.6 Å². The van der Waals surface area contributed by atoms with Gasteiger partial charge in [0.25, 0.3) is 0 Å². The minimum atomic E-state index is 0.0457. The van der Waals surface area contributed by atoms with Gasteiger partial charge in [-0.3, -0.25) is 9.36 Å². The van der Waals surface area contributed by atoms with Crippen LogP contribution in [0, 0.1) is 5.41 Å². The first-order valence-electron chi connectivity index (χ1n) is 9.70. The van der Waals surface area contributed by atoms with Crippen LogP contribution in [0.3, 0.4) is 0 Å². The van der Waals surface area contributed by atoms with Crippen molar-refractivity contribution in [1.29, 1.82) is 0 Å². The van der Waals surface area contributed by atoms with Crippen LogP contribution in [-0.4, -0.2) is 52.3 Å². The zero-order valence-electron chi connectivity index (χ0n) is 16.0. The van der Waals surface area contributed by atoms with Crippen molar-refractivity contribution in [3.8, 4) is 11.4 Å². The van der Waals surface area contributed by atoms with Crippen molar-refractivity contribution in [2.75, 3.05) is 31.6 Å². The molecule has 1 saturated carbocycles. The topological polar surface area (TPSA) is 54.3 Å². The Morgan fingerprint density at radius 1 is 1.26 bits per heavy atom. The van der Waals surface area contributed by atoms with Crippen molar-refractivity contribution >= 4 is 23.5 Å². The second kappa shape index (κ2) is 7.15. The minimum absolute atomic E-state index is 0.0457. The normalized spacial score (nSPS) is 18.0. The summed E-state index contributed by atoms with van der Waals surface area (Å²) in [6.07, 6.45) is 5.12. The van der Waals surface area contributed by atoms with Crippen molar-refractivity contribution in [3.05, 3.63) is 29.3 Å². The zero-order valence-corrected chi connectivity index (χ0v) is 16.7. The quantitative estimate of drug-likeness (QED) is 0.788. The second-order valence-corrected chi connectivity index (χ2v) is 8.23. The van der Waals surface area contributed by atoms with E-state index in [0.29, 0.717) is 22.8 Å². The fraction of sp³-hybridized carbons (Fsp3) is 0.550. The molecule has 2 heterocycles. The summed E-state index contributed by atoms with van der Waals surface area (Å²) >= 11 is 6.41. The first-order valence-corrected chi connectivity index (χ1v) is 10.1. The summed E-state index contributed by atoms with van der Waals surface area (Å²) in [6, 6.07) is 7.59. The standard InChI is InChI=1S/C20H26ClN5O/c1-3-24(2)17(27)13-26-18(15-7-4-5-8-16(15)21)22-23-19(26)25-12-11-20(14-25)9-6-10-20/h4-5,7-8H,3,6,9-14H2,1-2H3. The third-order valence-electron chi connectivity index (χ3n) is 6.17. The number of hydrogen-bond acceptors (Lipinski definition) is 4. The number of amides is 1. The number of hydrogen-bond donors (Lipinski definition) is 0. The summed E-state index contributed by atoms with van der Waals surface area (Å²) in [5, 5.41) is 9.54. The predicted molar refractivity (Wildman–Crippen MR) is 107 cm³/mol. The van der Waals surface area contributed by atoms with E-state index in [4.69, 9.17) is 11.6 Å². The van der Waals surface area contributed by atoms with Crippen molar-refractivity contribution < 1.29 is 4.79 Å². The van der Waals surface area contributed by atoms with Gasteiger partial charge in [-0.1, -0.05) is 30.2 Å². The van der Waals surface area contributed by atoms with Crippen LogP contribution in [0.25, 0.3) is 11.4 Å². The largest absolute Gasteiger partial charge is 0.344 e. The van der Waals surface area contributed by atoms with Gasteiger partial charge in [-0.15, -0.1) is 10.2 Å². The molecule has 0 bridgehead atoms. The van der Waals surface area contributed by atoms with Gasteiger partial charge in [-0.05, 0) is 43.7 Å². The molecule has 1 amide bonds. The van der Waals surface area contributed by atoms with E-state index in [1.807, 2.05) is 42.8 Å². The third-order valence-corrected chi connectivity index (χ3v) is 6.50. The summed E-state index contributed by atoms with van der Waals surface area (Å²) in [5.74, 6) is 1.49. The molecule has 1 aromatic carbocycles. The first kappa shape index (κ1) is 18.3. The third kappa shape index (κ3) is 3.31. The predicted octanol–water partition coefficient (Wildman–Crippen LogP) is 3.46. The molecule has 2 aromatic rings. The van der Waals surface area contributed by atoms with Gasteiger partial charge in [0, 0.05) is 32.2 Å². The van der Waals surface area contributed by atoms with E-state index in [-0.39, 0.29) is 12.5 Å². The monoisotopic (exact) mass is 387 g/mol. The molecule has 2 aliphatic rings. The van der Waals surface area contributed by atoms with Crippen molar-refractivity contribution in [2.24, 2.45) is 5.41 Å². The molecule has 144 valence electrons. The lowest BCUT2D eigenvalue weighted by Gasteiger charge is -2.38. The minimum Gasteiger partial charge on any atom is -0.344 e. The molecule has 7 heteroatoms. The molecular formula is C20H26ClN5O. The maximum Gasteiger partial charge on any atom is 0.242 e. The van der Waals surface area contributed by atoms with E-state index in [1.165, 1.54) is 25.7 Å². The van der Waals surface area contributed by atoms with E-state index < -0.39 is 0 Å². The molecule has 27 heavy (non-hydrogen) atoms. The van der Waals surface area contributed by atoms with E-state index >= 15 is 0 Å². The molecule has 4 rings (SSSR count). The van der Waals surface area contributed by atoms with Gasteiger partial charge in [0.15, 0.2) is 5.82 Å². The molecule has 1 saturated heterocycles. The second-order valence-electron chi connectivity index (χ2n) is 7.82. The number of carbonyl (C=O) groups excluding carboxylic acids is 1. The van der Waals surface area contributed by atoms with Gasteiger partial charge in [0.2, 0.25) is 11.9 Å². The molecule has 1 aromatic heterocycles. The average molecular weight is 388 g/mol. The molecule has 0 unspecified atom stereocenters. The number of benzene rings is 1. The van der Waals surface area contributed by atoms with Crippen LogP contribution in [0.2, 0.25) is 5.02 Å². The van der Waals surface area contributed by atoms with E-state index in [0.717, 1.165) is 24.6 Å². The van der Waals surface area contributed by atoms with Gasteiger partial charge in [-0.25, -0.2) is 0 Å². The first-order chi connectivity index (χ1) is 13.0. The van der Waals surface area contributed by atoms with Crippen LogP contribution in [0.15, 0.2) is 24.3 Å². The van der Waals surface area contributed by atoms with Gasteiger partial charge in [0.05, 0.1) is 5.02 Å². The maximum atomic E-state index is 12.7. The SMILES string of the molecule is CCN(C)C(=O)Cn1c(-c2ccccc2Cl)nnc1N1CCC2(CCC2)C1. The summed E-state index contributed by atoms with van der Waals surface area (Å²) in [7, 11) is 1.82. The van der Waals surface area contributed by atoms with Crippen molar-refractivity contribution in [3.63, 3.8) is 0 Å². The van der Waals surface area contributed by atoms with Crippen LogP contribution < -0.4 is 4.90 Å². The summed E-state index contributed by atoms with van der Waals surface area (Å²) in [4.78, 5) is 16.7. The Bertz CT molecular complexity index is 845. The zero-order chi connectivity index (χ0) is 19.0. The highest BCUT2D eigenvalue weighted by atomic mass is 35.5. The smallest absolute Gasteiger partial charge is 0.242 e. The highest BCUT2D eigenvalue weighted by molar-refractivity contribution is 6.33. The molecule has 2 fully saturated rings. The molecule has 0 N–H and O–H groups in total. The lowest BCUT2D eigenvalue weighted by Crippen LogP contribution is -2.35. The lowest BCUT2D eigenvalue weighted by molar-refractivity contribution is -0.130. The maximum absolute atomic E-state index is 12.7. The number of aromatic nitrogens is 3. The van der Waals surface area contributed by atoms with E-state index in [2.05, 4.69) is 15.1 Å². The molecule has 1 aliphatic heterocycles. The molecule has 0 radical (unpaired) electrons. The summed E-state index contributed by atoms with van der Waals surface area (Å²) < 4.78 is 1.94. The highest BCUT2D eigenvalue weighted by Gasteiger charge is 2.44. The molecular weight excluding hydrogens is 362 g/mol. The number of anilines is 1. The van der Waals surface area contributed by atoms with Crippen LogP contribution >= 0.6 is 11.6 Å². The number of likely N-dealkylation sites (N-methyl/N-ethyl adjacent to an activating group) is 1. The molecule has 6 nitrogen and oxygen atoms in total. The number of nitrogens with zero attached hydrogens (tertiary/aromatic N) is 5. The number of carbonyl (C=O) groups is 1. The summed E-state index contributed by atoms with van der Waals surface area (Å²) in [5.41, 5.74) is 1.26. The lowest BCUT2D eigenvalue weighted by atomic mass is 9.68. The Hall–Kier alpha value is -2.08. The number of rotatable bonds is 5. The van der Waals surface area contributed by atoms with Gasteiger partial charge >= 0.3 is 0 Å². The van der Waals surface area contributed by atoms with Crippen LogP contribution in [-0.2, 0) is 11.3 Å². The van der Waals surface area contributed by atoms with Crippen molar-refractivity contribution in [1.82, 2.24) is 19.7 Å². The Balaban J connectivity index is 1.71. The van der Waals surface area contributed by atoms with Gasteiger partial charge < -0.3 is 9.80 Å². The molecule has 1 aliphatic carbocycles. The van der Waals surface area contributed by atoms with Crippen molar-refractivity contribution in [2.45, 2.75) is 39.2 Å². The van der Waals surface area contributed by atoms with E-state index in [9.17, 15) is 4.79 Å². The highest BCUT2D eigenvalue weighted by Crippen LogP contribution is 2.48. The Labute approximate surface area is 165 Å². The Kier molecular flexibility index (Phi) is 4.84. The Morgan fingerprint density at radius 2 is 2.04 bits per heavy atom. The van der Waals surface area contributed by atoms with Gasteiger partial charge in [-0.2, -0.15) is 0 Å². The molecule has 1 spiro atoms.